The third kappa shape index (κ3) is 2.12. The molecule has 1 rings (SSSR count). The fourth-order valence-electron chi connectivity index (χ4n) is 1.55. The molecule has 0 saturated carbocycles. The molecular formula is C11H20O2. The van der Waals surface area contributed by atoms with Crippen molar-refractivity contribution in [2.45, 2.75) is 51.7 Å². The molecule has 0 amide bonds. The van der Waals surface area contributed by atoms with Gasteiger partial charge in [0.25, 0.3) is 0 Å². The first kappa shape index (κ1) is 10.7. The summed E-state index contributed by atoms with van der Waals surface area (Å²) in [5.74, 6) is 0. The molecule has 1 aliphatic rings. The van der Waals surface area contributed by atoms with Crippen LogP contribution in [0.3, 0.4) is 0 Å². The highest BCUT2D eigenvalue weighted by Gasteiger charge is 2.41. The van der Waals surface area contributed by atoms with Crippen LogP contribution in [0.15, 0.2) is 12.2 Å². The first-order chi connectivity index (χ1) is 5.66. The van der Waals surface area contributed by atoms with Gasteiger partial charge in [0.2, 0.25) is 0 Å². The predicted molar refractivity (Wildman–Crippen MR) is 53.4 cm³/mol. The summed E-state index contributed by atoms with van der Waals surface area (Å²) in [6, 6.07) is 0. The van der Waals surface area contributed by atoms with Gasteiger partial charge in [-0.15, -0.1) is 0 Å². The summed E-state index contributed by atoms with van der Waals surface area (Å²) in [4.78, 5) is 0. The standard InChI is InChI=1S/C11H20O2/c1-9(2,12)10(3)5-7-11(4,13)8-6-10/h5,7,12-13H,6,8H2,1-4H3. The van der Waals surface area contributed by atoms with Crippen molar-refractivity contribution in [1.82, 2.24) is 0 Å². The average molecular weight is 184 g/mol. The van der Waals surface area contributed by atoms with Crippen LogP contribution in [-0.2, 0) is 0 Å². The minimum absolute atomic E-state index is 0.213. The van der Waals surface area contributed by atoms with Crippen LogP contribution in [0, 0.1) is 5.41 Å². The monoisotopic (exact) mass is 184 g/mol. The Morgan fingerprint density at radius 1 is 1.15 bits per heavy atom. The zero-order chi connectivity index (χ0) is 10.3. The lowest BCUT2D eigenvalue weighted by Gasteiger charge is -2.43. The molecular weight excluding hydrogens is 164 g/mol. The quantitative estimate of drug-likeness (QED) is 0.611. The smallest absolute Gasteiger partial charge is 0.0800 e. The van der Waals surface area contributed by atoms with E-state index in [-0.39, 0.29) is 5.41 Å². The van der Waals surface area contributed by atoms with E-state index in [1.807, 2.05) is 26.8 Å². The molecule has 2 nitrogen and oxygen atoms in total. The Labute approximate surface area is 80.3 Å². The van der Waals surface area contributed by atoms with Crippen molar-refractivity contribution in [3.8, 4) is 0 Å². The molecule has 0 aliphatic heterocycles. The number of hydrogen-bond donors (Lipinski definition) is 2. The summed E-state index contributed by atoms with van der Waals surface area (Å²) in [6.45, 7) is 7.46. The van der Waals surface area contributed by atoms with E-state index < -0.39 is 11.2 Å². The van der Waals surface area contributed by atoms with E-state index in [1.165, 1.54) is 0 Å². The Morgan fingerprint density at radius 3 is 2.00 bits per heavy atom. The molecule has 1 aliphatic carbocycles. The molecule has 0 aromatic carbocycles. The summed E-state index contributed by atoms with van der Waals surface area (Å²) < 4.78 is 0. The zero-order valence-electron chi connectivity index (χ0n) is 8.96. The van der Waals surface area contributed by atoms with E-state index in [2.05, 4.69) is 0 Å². The molecule has 2 N–H and O–H groups in total. The minimum Gasteiger partial charge on any atom is -0.390 e. The Morgan fingerprint density at radius 2 is 1.69 bits per heavy atom. The van der Waals surface area contributed by atoms with Crippen molar-refractivity contribution in [2.24, 2.45) is 5.41 Å². The lowest BCUT2D eigenvalue weighted by Crippen LogP contribution is -2.44. The molecule has 2 unspecified atom stereocenters. The van der Waals surface area contributed by atoms with Gasteiger partial charge < -0.3 is 10.2 Å². The van der Waals surface area contributed by atoms with Gasteiger partial charge in [-0.1, -0.05) is 19.1 Å². The highest BCUT2D eigenvalue weighted by atomic mass is 16.3. The summed E-state index contributed by atoms with van der Waals surface area (Å²) in [7, 11) is 0. The van der Waals surface area contributed by atoms with Gasteiger partial charge in [0, 0.05) is 5.41 Å². The normalized spacial score (nSPS) is 40.8. The van der Waals surface area contributed by atoms with Crippen LogP contribution >= 0.6 is 0 Å². The molecule has 13 heavy (non-hydrogen) atoms. The highest BCUT2D eigenvalue weighted by molar-refractivity contribution is 5.15. The molecule has 0 bridgehead atoms. The molecule has 76 valence electrons. The maximum atomic E-state index is 9.94. The number of rotatable bonds is 1. The zero-order valence-corrected chi connectivity index (χ0v) is 8.96. The Balaban J connectivity index is 2.88. The Kier molecular flexibility index (Phi) is 2.33. The van der Waals surface area contributed by atoms with Gasteiger partial charge in [-0.3, -0.25) is 0 Å². The van der Waals surface area contributed by atoms with Gasteiger partial charge in [-0.2, -0.15) is 0 Å². The van der Waals surface area contributed by atoms with Crippen LogP contribution in [0.5, 0.6) is 0 Å². The van der Waals surface area contributed by atoms with Crippen molar-refractivity contribution < 1.29 is 10.2 Å². The summed E-state index contributed by atoms with van der Waals surface area (Å²) in [6.07, 6.45) is 5.27. The first-order valence-electron chi connectivity index (χ1n) is 4.82. The molecule has 0 aromatic rings. The van der Waals surface area contributed by atoms with Gasteiger partial charge in [0.1, 0.15) is 0 Å². The van der Waals surface area contributed by atoms with Crippen molar-refractivity contribution in [2.75, 3.05) is 0 Å². The van der Waals surface area contributed by atoms with Crippen LogP contribution < -0.4 is 0 Å². The lowest BCUT2D eigenvalue weighted by molar-refractivity contribution is -0.0407. The van der Waals surface area contributed by atoms with Gasteiger partial charge in [-0.25, -0.2) is 0 Å². The topological polar surface area (TPSA) is 40.5 Å². The average Bonchev–Trinajstić information content (AvgIpc) is 1.94. The van der Waals surface area contributed by atoms with E-state index in [9.17, 15) is 10.2 Å². The largest absolute Gasteiger partial charge is 0.390 e. The van der Waals surface area contributed by atoms with Crippen LogP contribution in [-0.4, -0.2) is 21.4 Å². The van der Waals surface area contributed by atoms with Crippen molar-refractivity contribution >= 4 is 0 Å². The van der Waals surface area contributed by atoms with Crippen molar-refractivity contribution in [3.63, 3.8) is 0 Å². The second-order valence-electron chi connectivity index (χ2n) is 5.17. The summed E-state index contributed by atoms with van der Waals surface area (Å²) in [5.41, 5.74) is -1.62. The second-order valence-corrected chi connectivity index (χ2v) is 5.17. The molecule has 0 heterocycles. The van der Waals surface area contributed by atoms with Gasteiger partial charge in [0.15, 0.2) is 0 Å². The van der Waals surface area contributed by atoms with Crippen molar-refractivity contribution in [1.29, 1.82) is 0 Å². The fraction of sp³-hybridized carbons (Fsp3) is 0.818. The Bertz CT molecular complexity index is 223. The van der Waals surface area contributed by atoms with Gasteiger partial charge in [-0.05, 0) is 33.6 Å². The third-order valence-corrected chi connectivity index (χ3v) is 3.36. The maximum absolute atomic E-state index is 9.94. The molecule has 0 radical (unpaired) electrons. The Hall–Kier alpha value is -0.340. The molecule has 2 atom stereocenters. The van der Waals surface area contributed by atoms with Crippen LogP contribution in [0.25, 0.3) is 0 Å². The van der Waals surface area contributed by atoms with Crippen LogP contribution in [0.1, 0.15) is 40.5 Å². The maximum Gasteiger partial charge on any atom is 0.0800 e. The lowest BCUT2D eigenvalue weighted by atomic mass is 9.67. The van der Waals surface area contributed by atoms with E-state index in [0.717, 1.165) is 6.42 Å². The molecule has 2 heteroatoms. The van der Waals surface area contributed by atoms with E-state index in [0.29, 0.717) is 6.42 Å². The van der Waals surface area contributed by atoms with Gasteiger partial charge >= 0.3 is 0 Å². The second kappa shape index (κ2) is 2.82. The minimum atomic E-state index is -0.722. The molecule has 0 saturated heterocycles. The van der Waals surface area contributed by atoms with Crippen LogP contribution in [0.4, 0.5) is 0 Å². The first-order valence-corrected chi connectivity index (χ1v) is 4.82. The third-order valence-electron chi connectivity index (χ3n) is 3.36. The fourth-order valence-corrected chi connectivity index (χ4v) is 1.55. The highest BCUT2D eigenvalue weighted by Crippen LogP contribution is 2.42. The number of hydrogen-bond acceptors (Lipinski definition) is 2. The van der Waals surface area contributed by atoms with E-state index in [1.54, 1.807) is 13.0 Å². The van der Waals surface area contributed by atoms with Gasteiger partial charge in [0.05, 0.1) is 11.2 Å². The molecule has 0 fully saturated rings. The van der Waals surface area contributed by atoms with Crippen LogP contribution in [0.2, 0.25) is 0 Å². The van der Waals surface area contributed by atoms with E-state index >= 15 is 0 Å². The molecule has 0 spiro atoms. The van der Waals surface area contributed by atoms with Crippen molar-refractivity contribution in [3.05, 3.63) is 12.2 Å². The summed E-state index contributed by atoms with van der Waals surface area (Å²) >= 11 is 0. The SMILES string of the molecule is CC1(O)C=CC(C)(C(C)(C)O)CC1. The molecule has 0 aromatic heterocycles. The van der Waals surface area contributed by atoms with E-state index in [4.69, 9.17) is 0 Å². The predicted octanol–water partition coefficient (Wildman–Crippen LogP) is 1.86. The number of aliphatic hydroxyl groups is 2. The summed E-state index contributed by atoms with van der Waals surface area (Å²) in [5, 5.41) is 19.6.